The highest BCUT2D eigenvalue weighted by Crippen LogP contribution is 2.48. The van der Waals surface area contributed by atoms with E-state index in [1.807, 2.05) is 0 Å². The Morgan fingerprint density at radius 3 is 2.59 bits per heavy atom. The topological polar surface area (TPSA) is 85.4 Å². The van der Waals surface area contributed by atoms with Crippen LogP contribution >= 0.6 is 0 Å². The maximum atomic E-state index is 13.6. The highest BCUT2D eigenvalue weighted by Gasteiger charge is 2.62. The summed E-state index contributed by atoms with van der Waals surface area (Å²) in [6.07, 6.45) is 0.255. The first kappa shape index (κ1) is 17.5. The third kappa shape index (κ3) is 2.28. The lowest BCUT2D eigenvalue weighted by molar-refractivity contribution is -0.147. The molecule has 1 unspecified atom stereocenters. The molecule has 0 N–H and O–H groups in total. The Balaban J connectivity index is 1.76. The molecular formula is C21H18N2O6. The van der Waals surface area contributed by atoms with Crippen LogP contribution in [0.1, 0.15) is 23.2 Å². The van der Waals surface area contributed by atoms with Gasteiger partial charge in [-0.1, -0.05) is 12.1 Å². The standard InChI is InChI=1S/C21H18N2O6/c1-27-20(26)21-9-8-18(24)23(21)15-5-3-2-4-14(15)19(25)22(21)13-6-7-16-17(12-13)29-11-10-28-16/h2-7,12H,8-11H2,1H3. The molecule has 29 heavy (non-hydrogen) atoms. The molecule has 0 aromatic heterocycles. The summed E-state index contributed by atoms with van der Waals surface area (Å²) in [4.78, 5) is 42.2. The Kier molecular flexibility index (Phi) is 3.77. The highest BCUT2D eigenvalue weighted by molar-refractivity contribution is 6.23. The van der Waals surface area contributed by atoms with Gasteiger partial charge in [-0.2, -0.15) is 0 Å². The van der Waals surface area contributed by atoms with Gasteiger partial charge >= 0.3 is 5.97 Å². The second-order valence-corrected chi connectivity index (χ2v) is 7.02. The minimum atomic E-state index is -1.58. The van der Waals surface area contributed by atoms with Crippen LogP contribution in [0.5, 0.6) is 11.5 Å². The van der Waals surface area contributed by atoms with Crippen molar-refractivity contribution in [2.45, 2.75) is 18.5 Å². The van der Waals surface area contributed by atoms with Crippen LogP contribution in [0.25, 0.3) is 0 Å². The van der Waals surface area contributed by atoms with E-state index in [4.69, 9.17) is 14.2 Å². The van der Waals surface area contributed by atoms with E-state index < -0.39 is 11.6 Å². The van der Waals surface area contributed by atoms with E-state index >= 15 is 0 Å². The van der Waals surface area contributed by atoms with E-state index in [-0.39, 0.29) is 24.7 Å². The number of benzene rings is 2. The lowest BCUT2D eigenvalue weighted by Gasteiger charge is -2.48. The Labute approximate surface area is 166 Å². The van der Waals surface area contributed by atoms with Gasteiger partial charge in [0.15, 0.2) is 11.5 Å². The zero-order valence-electron chi connectivity index (χ0n) is 15.7. The van der Waals surface area contributed by atoms with Gasteiger partial charge in [-0.25, -0.2) is 4.79 Å². The third-order valence-electron chi connectivity index (χ3n) is 5.55. The summed E-state index contributed by atoms with van der Waals surface area (Å²) in [5.74, 6) is -0.236. The van der Waals surface area contributed by atoms with Gasteiger partial charge < -0.3 is 14.2 Å². The zero-order chi connectivity index (χ0) is 20.2. The minimum absolute atomic E-state index is 0.123. The molecule has 148 valence electrons. The van der Waals surface area contributed by atoms with Gasteiger partial charge in [0.05, 0.1) is 24.0 Å². The zero-order valence-corrected chi connectivity index (χ0v) is 15.7. The third-order valence-corrected chi connectivity index (χ3v) is 5.55. The predicted molar refractivity (Wildman–Crippen MR) is 102 cm³/mol. The van der Waals surface area contributed by atoms with Crippen molar-refractivity contribution in [3.05, 3.63) is 48.0 Å². The SMILES string of the molecule is COC(=O)C12CCC(=O)N1c1ccccc1C(=O)N2c1ccc2c(c1)OCCO2. The summed E-state index contributed by atoms with van der Waals surface area (Å²) < 4.78 is 16.3. The largest absolute Gasteiger partial charge is 0.486 e. The van der Waals surface area contributed by atoms with Crippen LogP contribution in [0.15, 0.2) is 42.5 Å². The molecule has 3 aliphatic rings. The maximum absolute atomic E-state index is 13.6. The normalized spacial score (nSPS) is 22.2. The van der Waals surface area contributed by atoms with Gasteiger partial charge in [-0.3, -0.25) is 19.4 Å². The summed E-state index contributed by atoms with van der Waals surface area (Å²) in [5, 5.41) is 0. The van der Waals surface area contributed by atoms with Crippen LogP contribution in [-0.4, -0.2) is 43.8 Å². The van der Waals surface area contributed by atoms with Gasteiger partial charge in [0.2, 0.25) is 11.6 Å². The fourth-order valence-corrected chi connectivity index (χ4v) is 4.34. The molecule has 0 saturated carbocycles. The fourth-order valence-electron chi connectivity index (χ4n) is 4.34. The Hall–Kier alpha value is -3.55. The molecule has 0 bridgehead atoms. The van der Waals surface area contributed by atoms with Crippen molar-refractivity contribution in [1.82, 2.24) is 0 Å². The number of hydrogen-bond donors (Lipinski definition) is 0. The van der Waals surface area contributed by atoms with E-state index in [0.29, 0.717) is 41.7 Å². The molecule has 1 saturated heterocycles. The number of nitrogens with zero attached hydrogens (tertiary/aromatic N) is 2. The van der Waals surface area contributed by atoms with Crippen LogP contribution in [0, 0.1) is 0 Å². The summed E-state index contributed by atoms with van der Waals surface area (Å²) >= 11 is 0. The molecule has 0 spiro atoms. The molecule has 1 atom stereocenters. The van der Waals surface area contributed by atoms with Gasteiger partial charge in [0.25, 0.3) is 5.91 Å². The molecule has 0 aliphatic carbocycles. The van der Waals surface area contributed by atoms with Crippen molar-refractivity contribution in [2.75, 3.05) is 30.1 Å². The van der Waals surface area contributed by atoms with Gasteiger partial charge in [0.1, 0.15) is 13.2 Å². The van der Waals surface area contributed by atoms with Crippen LogP contribution < -0.4 is 19.3 Å². The Morgan fingerprint density at radius 2 is 1.79 bits per heavy atom. The van der Waals surface area contributed by atoms with Crippen molar-refractivity contribution >= 4 is 29.2 Å². The highest BCUT2D eigenvalue weighted by atomic mass is 16.6. The summed E-state index contributed by atoms with van der Waals surface area (Å²) in [5.41, 5.74) is -0.392. The smallest absolute Gasteiger partial charge is 0.353 e. The average molecular weight is 394 g/mol. The molecule has 1 fully saturated rings. The maximum Gasteiger partial charge on any atom is 0.353 e. The number of rotatable bonds is 2. The van der Waals surface area contributed by atoms with Gasteiger partial charge in [0, 0.05) is 18.9 Å². The molecule has 8 nitrogen and oxygen atoms in total. The van der Waals surface area contributed by atoms with Crippen LogP contribution in [0.3, 0.4) is 0 Å². The summed E-state index contributed by atoms with van der Waals surface area (Å²) in [6.45, 7) is 0.830. The number of hydrogen-bond acceptors (Lipinski definition) is 6. The van der Waals surface area contributed by atoms with Crippen molar-refractivity contribution in [1.29, 1.82) is 0 Å². The first-order valence-corrected chi connectivity index (χ1v) is 9.32. The minimum Gasteiger partial charge on any atom is -0.486 e. The number of fused-ring (bicyclic) bond motifs is 4. The number of methoxy groups -OCH3 is 1. The Morgan fingerprint density at radius 1 is 1.03 bits per heavy atom. The lowest BCUT2D eigenvalue weighted by Crippen LogP contribution is -2.68. The quantitative estimate of drug-likeness (QED) is 0.726. The number of amides is 2. The second kappa shape index (κ2) is 6.23. The summed E-state index contributed by atoms with van der Waals surface area (Å²) in [7, 11) is 1.25. The van der Waals surface area contributed by atoms with E-state index in [9.17, 15) is 14.4 Å². The van der Waals surface area contributed by atoms with Crippen molar-refractivity contribution < 1.29 is 28.6 Å². The number of carbonyl (C=O) groups excluding carboxylic acids is 3. The molecule has 2 aromatic rings. The molecule has 0 radical (unpaired) electrons. The molecular weight excluding hydrogens is 376 g/mol. The number of anilines is 2. The van der Waals surface area contributed by atoms with Crippen LogP contribution in [0.4, 0.5) is 11.4 Å². The number of carbonyl (C=O) groups is 3. The average Bonchev–Trinajstić information content (AvgIpc) is 3.11. The van der Waals surface area contributed by atoms with Crippen LogP contribution in [0.2, 0.25) is 0 Å². The predicted octanol–water partition coefficient (Wildman–Crippen LogP) is 2.11. The van der Waals surface area contributed by atoms with E-state index in [1.54, 1.807) is 42.5 Å². The fraction of sp³-hybridized carbons (Fsp3) is 0.286. The number of ether oxygens (including phenoxy) is 3. The second-order valence-electron chi connectivity index (χ2n) is 7.02. The molecule has 3 aliphatic heterocycles. The van der Waals surface area contributed by atoms with Crippen molar-refractivity contribution in [2.24, 2.45) is 0 Å². The number of para-hydroxylation sites is 1. The summed E-state index contributed by atoms with van der Waals surface area (Å²) in [6, 6.07) is 11.8. The van der Waals surface area contributed by atoms with Crippen LogP contribution in [-0.2, 0) is 14.3 Å². The lowest BCUT2D eigenvalue weighted by atomic mass is 9.95. The molecule has 5 rings (SSSR count). The van der Waals surface area contributed by atoms with E-state index in [2.05, 4.69) is 0 Å². The van der Waals surface area contributed by atoms with Crippen molar-refractivity contribution in [3.8, 4) is 11.5 Å². The first-order valence-electron chi connectivity index (χ1n) is 9.32. The van der Waals surface area contributed by atoms with E-state index in [1.165, 1.54) is 16.9 Å². The molecule has 3 heterocycles. The number of esters is 1. The van der Waals surface area contributed by atoms with E-state index in [0.717, 1.165) is 0 Å². The van der Waals surface area contributed by atoms with Gasteiger partial charge in [-0.05, 0) is 24.3 Å². The monoisotopic (exact) mass is 394 g/mol. The van der Waals surface area contributed by atoms with Gasteiger partial charge in [-0.15, -0.1) is 0 Å². The van der Waals surface area contributed by atoms with Crippen molar-refractivity contribution in [3.63, 3.8) is 0 Å². The first-order chi connectivity index (χ1) is 14.1. The molecule has 8 heteroatoms. The molecule has 2 aromatic carbocycles. The molecule has 2 amide bonds. The Bertz CT molecular complexity index is 1050.